The van der Waals surface area contributed by atoms with Gasteiger partial charge in [0, 0.05) is 11.3 Å². The Kier molecular flexibility index (Phi) is 3.37. The maximum absolute atomic E-state index is 4.45. The van der Waals surface area contributed by atoms with Crippen LogP contribution in [0.5, 0.6) is 0 Å². The van der Waals surface area contributed by atoms with E-state index in [4.69, 9.17) is 0 Å². The second-order valence-corrected chi connectivity index (χ2v) is 4.44. The van der Waals surface area contributed by atoms with E-state index in [1.165, 1.54) is 6.33 Å². The Morgan fingerprint density at radius 1 is 0.850 bits per heavy atom. The average molecular weight is 262 g/mol. The number of aromatic nitrogens is 3. The molecule has 98 valence electrons. The molecule has 0 saturated carbocycles. The predicted molar refractivity (Wildman–Crippen MR) is 79.7 cm³/mol. The van der Waals surface area contributed by atoms with Gasteiger partial charge in [0.2, 0.25) is 5.95 Å². The molecule has 0 amide bonds. The van der Waals surface area contributed by atoms with Gasteiger partial charge in [-0.25, -0.2) is 9.97 Å². The molecule has 1 N–H and O–H groups in total. The summed E-state index contributed by atoms with van der Waals surface area (Å²) in [5.41, 5.74) is 3.12. The van der Waals surface area contributed by atoms with Gasteiger partial charge in [-0.3, -0.25) is 0 Å². The largest absolute Gasteiger partial charge is 0.324 e. The zero-order valence-electron chi connectivity index (χ0n) is 11.1. The third kappa shape index (κ3) is 2.64. The van der Waals surface area contributed by atoms with Crippen molar-refractivity contribution in [1.29, 1.82) is 0 Å². The number of aryl methyl sites for hydroxylation is 1. The molecule has 0 aliphatic heterocycles. The van der Waals surface area contributed by atoms with Crippen LogP contribution in [0.25, 0.3) is 11.4 Å². The summed E-state index contributed by atoms with van der Waals surface area (Å²) in [6.07, 6.45) is 1.52. The van der Waals surface area contributed by atoms with E-state index in [9.17, 15) is 0 Å². The lowest BCUT2D eigenvalue weighted by Gasteiger charge is -2.08. The molecule has 4 nitrogen and oxygen atoms in total. The highest BCUT2D eigenvalue weighted by Gasteiger charge is 2.04. The topological polar surface area (TPSA) is 50.7 Å². The van der Waals surface area contributed by atoms with Crippen molar-refractivity contribution in [2.75, 3.05) is 5.32 Å². The maximum Gasteiger partial charge on any atom is 0.230 e. The van der Waals surface area contributed by atoms with Gasteiger partial charge >= 0.3 is 0 Å². The van der Waals surface area contributed by atoms with Gasteiger partial charge in [0.25, 0.3) is 0 Å². The summed E-state index contributed by atoms with van der Waals surface area (Å²) in [4.78, 5) is 12.8. The Balaban J connectivity index is 1.91. The SMILES string of the molecule is Cc1ccccc1Nc1ncnc(-c2ccccc2)n1. The average Bonchev–Trinajstić information content (AvgIpc) is 2.51. The van der Waals surface area contributed by atoms with Crippen LogP contribution in [0.1, 0.15) is 5.56 Å². The van der Waals surface area contributed by atoms with Gasteiger partial charge in [-0.05, 0) is 18.6 Å². The van der Waals surface area contributed by atoms with Crippen molar-refractivity contribution in [3.05, 3.63) is 66.5 Å². The van der Waals surface area contributed by atoms with E-state index in [1.54, 1.807) is 0 Å². The lowest BCUT2D eigenvalue weighted by molar-refractivity contribution is 1.06. The highest BCUT2D eigenvalue weighted by Crippen LogP contribution is 2.19. The molecular formula is C16H14N4. The van der Waals surface area contributed by atoms with Crippen LogP contribution in [0, 0.1) is 6.92 Å². The van der Waals surface area contributed by atoms with Crippen molar-refractivity contribution < 1.29 is 0 Å². The number of rotatable bonds is 3. The number of nitrogens with one attached hydrogen (secondary N) is 1. The van der Waals surface area contributed by atoms with Gasteiger partial charge in [0.1, 0.15) is 6.33 Å². The molecule has 2 aromatic carbocycles. The highest BCUT2D eigenvalue weighted by atomic mass is 15.1. The number of para-hydroxylation sites is 1. The molecule has 3 aromatic rings. The Morgan fingerprint density at radius 2 is 1.60 bits per heavy atom. The second-order valence-electron chi connectivity index (χ2n) is 4.44. The summed E-state index contributed by atoms with van der Waals surface area (Å²) in [6.45, 7) is 2.04. The molecule has 0 bridgehead atoms. The van der Waals surface area contributed by atoms with Crippen LogP contribution in [0.4, 0.5) is 11.6 Å². The van der Waals surface area contributed by atoms with Crippen molar-refractivity contribution in [2.24, 2.45) is 0 Å². The summed E-state index contributed by atoms with van der Waals surface area (Å²) < 4.78 is 0. The van der Waals surface area contributed by atoms with Gasteiger partial charge < -0.3 is 5.32 Å². The van der Waals surface area contributed by atoms with E-state index in [0.29, 0.717) is 11.8 Å². The van der Waals surface area contributed by atoms with Crippen LogP contribution in [0.2, 0.25) is 0 Å². The fourth-order valence-electron chi connectivity index (χ4n) is 1.92. The summed E-state index contributed by atoms with van der Waals surface area (Å²) in [5, 5.41) is 3.22. The molecule has 3 rings (SSSR count). The number of nitrogens with zero attached hydrogens (tertiary/aromatic N) is 3. The molecule has 1 heterocycles. The van der Waals surface area contributed by atoms with Gasteiger partial charge in [0.05, 0.1) is 0 Å². The molecule has 4 heteroatoms. The molecule has 0 atom stereocenters. The molecule has 0 radical (unpaired) electrons. The zero-order valence-corrected chi connectivity index (χ0v) is 11.1. The van der Waals surface area contributed by atoms with E-state index >= 15 is 0 Å². The Labute approximate surface area is 117 Å². The van der Waals surface area contributed by atoms with E-state index < -0.39 is 0 Å². The summed E-state index contributed by atoms with van der Waals surface area (Å²) in [7, 11) is 0. The van der Waals surface area contributed by atoms with E-state index in [2.05, 4.69) is 20.3 Å². The Hall–Kier alpha value is -2.75. The first kappa shape index (κ1) is 12.3. The second kappa shape index (κ2) is 5.48. The van der Waals surface area contributed by atoms with Crippen molar-refractivity contribution in [3.63, 3.8) is 0 Å². The van der Waals surface area contributed by atoms with E-state index in [1.807, 2.05) is 61.5 Å². The summed E-state index contributed by atoms with van der Waals surface area (Å²) in [5.74, 6) is 1.21. The number of benzene rings is 2. The van der Waals surface area contributed by atoms with Crippen LogP contribution < -0.4 is 5.32 Å². The lowest BCUT2D eigenvalue weighted by Crippen LogP contribution is -2.00. The Morgan fingerprint density at radius 3 is 2.40 bits per heavy atom. The third-order valence-corrected chi connectivity index (χ3v) is 3.00. The maximum atomic E-state index is 4.45. The van der Waals surface area contributed by atoms with Crippen molar-refractivity contribution in [3.8, 4) is 11.4 Å². The minimum Gasteiger partial charge on any atom is -0.324 e. The van der Waals surface area contributed by atoms with E-state index in [-0.39, 0.29) is 0 Å². The molecule has 0 saturated heterocycles. The number of anilines is 2. The standard InChI is InChI=1S/C16H14N4/c1-12-7-5-6-10-14(12)19-16-18-11-17-15(20-16)13-8-3-2-4-9-13/h2-11H,1H3,(H,17,18,19,20). The van der Waals surface area contributed by atoms with E-state index in [0.717, 1.165) is 16.8 Å². The van der Waals surface area contributed by atoms with Gasteiger partial charge in [-0.2, -0.15) is 4.98 Å². The number of hydrogen-bond acceptors (Lipinski definition) is 4. The molecule has 1 aromatic heterocycles. The molecule has 20 heavy (non-hydrogen) atoms. The fraction of sp³-hybridized carbons (Fsp3) is 0.0625. The minimum absolute atomic E-state index is 0.549. The lowest BCUT2D eigenvalue weighted by atomic mass is 10.2. The van der Waals surface area contributed by atoms with Crippen LogP contribution in [0.15, 0.2) is 60.9 Å². The van der Waals surface area contributed by atoms with Crippen molar-refractivity contribution in [1.82, 2.24) is 15.0 Å². The van der Waals surface area contributed by atoms with Gasteiger partial charge in [-0.15, -0.1) is 0 Å². The van der Waals surface area contributed by atoms with Gasteiger partial charge in [0.15, 0.2) is 5.82 Å². The number of hydrogen-bond donors (Lipinski definition) is 1. The first-order chi connectivity index (χ1) is 9.83. The monoisotopic (exact) mass is 262 g/mol. The molecule has 0 unspecified atom stereocenters. The molecule has 0 spiro atoms. The third-order valence-electron chi connectivity index (χ3n) is 3.00. The molecule has 0 aliphatic carbocycles. The molecule has 0 fully saturated rings. The molecule has 0 aliphatic rings. The van der Waals surface area contributed by atoms with Crippen LogP contribution in [-0.4, -0.2) is 15.0 Å². The summed E-state index contributed by atoms with van der Waals surface area (Å²) in [6, 6.07) is 17.9. The van der Waals surface area contributed by atoms with Crippen LogP contribution in [0.3, 0.4) is 0 Å². The predicted octanol–water partition coefficient (Wildman–Crippen LogP) is 3.59. The zero-order chi connectivity index (χ0) is 13.8. The van der Waals surface area contributed by atoms with Gasteiger partial charge in [-0.1, -0.05) is 48.5 Å². The first-order valence-electron chi connectivity index (χ1n) is 6.40. The van der Waals surface area contributed by atoms with Crippen molar-refractivity contribution in [2.45, 2.75) is 6.92 Å². The summed E-state index contributed by atoms with van der Waals surface area (Å²) >= 11 is 0. The quantitative estimate of drug-likeness (QED) is 0.783. The Bertz CT molecular complexity index is 710. The fourth-order valence-corrected chi connectivity index (χ4v) is 1.92. The molecular weight excluding hydrogens is 248 g/mol. The van der Waals surface area contributed by atoms with Crippen LogP contribution >= 0.6 is 0 Å². The highest BCUT2D eigenvalue weighted by molar-refractivity contribution is 5.60. The van der Waals surface area contributed by atoms with Crippen LogP contribution in [-0.2, 0) is 0 Å². The normalized spacial score (nSPS) is 10.2. The smallest absolute Gasteiger partial charge is 0.230 e. The van der Waals surface area contributed by atoms with Crippen molar-refractivity contribution >= 4 is 11.6 Å². The first-order valence-corrected chi connectivity index (χ1v) is 6.40. The minimum atomic E-state index is 0.549.